The Labute approximate surface area is 303 Å². The highest BCUT2D eigenvalue weighted by Crippen LogP contribution is 2.41. The van der Waals surface area contributed by atoms with Gasteiger partial charge in [-0.25, -0.2) is 4.79 Å². The number of rotatable bonds is 7. The maximum Gasteiger partial charge on any atom is 0.391 e. The molecule has 1 saturated heterocycles. The van der Waals surface area contributed by atoms with Crippen LogP contribution in [0.2, 0.25) is 0 Å². The highest BCUT2D eigenvalue weighted by molar-refractivity contribution is 5.93. The van der Waals surface area contributed by atoms with Gasteiger partial charge >= 0.3 is 12.2 Å². The summed E-state index contributed by atoms with van der Waals surface area (Å²) in [5, 5.41) is 22.8. The van der Waals surface area contributed by atoms with Gasteiger partial charge in [0.25, 0.3) is 0 Å². The number of tetrazole rings is 1. The number of aromatic nitrogens is 6. The second-order valence-electron chi connectivity index (χ2n) is 13.2. The van der Waals surface area contributed by atoms with E-state index in [2.05, 4.69) is 15.5 Å². The summed E-state index contributed by atoms with van der Waals surface area (Å²) in [7, 11) is 1.89. The van der Waals surface area contributed by atoms with Gasteiger partial charge in [0.1, 0.15) is 0 Å². The van der Waals surface area contributed by atoms with Gasteiger partial charge in [-0.15, -0.1) is 15.0 Å². The number of urea groups is 1. The van der Waals surface area contributed by atoms with Gasteiger partial charge in [0.05, 0.1) is 17.6 Å². The van der Waals surface area contributed by atoms with Gasteiger partial charge in [0.2, 0.25) is 5.82 Å². The molecule has 0 spiro atoms. The summed E-state index contributed by atoms with van der Waals surface area (Å²) in [6.07, 6.45) is -2.72. The van der Waals surface area contributed by atoms with Gasteiger partial charge < -0.3 is 10.2 Å². The Balaban J connectivity index is 1.24. The van der Waals surface area contributed by atoms with Gasteiger partial charge in [-0.3, -0.25) is 4.68 Å². The third-order valence-electron chi connectivity index (χ3n) is 10.1. The molecule has 0 atom stereocenters. The Bertz CT molecular complexity index is 2270. The largest absolute Gasteiger partial charge is 0.391 e. The van der Waals surface area contributed by atoms with Crippen molar-refractivity contribution in [1.29, 1.82) is 0 Å². The first kappa shape index (κ1) is 33.8. The topological polar surface area (TPSA) is 93.8 Å². The Kier molecular flexibility index (Phi) is 8.73. The second-order valence-corrected chi connectivity index (χ2v) is 13.2. The number of benzene rings is 5. The number of piperidine rings is 1. The number of likely N-dealkylation sites (tertiary alicyclic amines) is 1. The van der Waals surface area contributed by atoms with Crippen LogP contribution in [-0.2, 0) is 12.6 Å². The number of nitrogens with one attached hydrogen (secondary N) is 1. The molecule has 266 valence electrons. The number of anilines is 1. The molecule has 0 radical (unpaired) electrons. The van der Waals surface area contributed by atoms with Crippen molar-refractivity contribution in [3.8, 4) is 22.5 Å². The molecule has 5 aromatic carbocycles. The van der Waals surface area contributed by atoms with Crippen molar-refractivity contribution >= 4 is 22.6 Å². The van der Waals surface area contributed by atoms with E-state index in [4.69, 9.17) is 10.3 Å². The number of alkyl halides is 3. The first-order valence-corrected chi connectivity index (χ1v) is 17.4. The number of hydrogen-bond acceptors (Lipinski definition) is 5. The minimum atomic E-state index is -4.27. The molecule has 8 rings (SSSR count). The third-order valence-corrected chi connectivity index (χ3v) is 10.1. The zero-order chi connectivity index (χ0) is 36.6. The van der Waals surface area contributed by atoms with Crippen LogP contribution >= 0.6 is 0 Å². The molecule has 2 amide bonds. The predicted octanol–water partition coefficient (Wildman–Crippen LogP) is 8.54. The fourth-order valence-electron chi connectivity index (χ4n) is 7.35. The zero-order valence-electron chi connectivity index (χ0n) is 28.8. The lowest BCUT2D eigenvalue weighted by atomic mass is 9.77. The van der Waals surface area contributed by atoms with Crippen LogP contribution in [-0.4, -0.2) is 60.2 Å². The number of carbonyl (C=O) groups excluding carboxylic acids is 1. The molecule has 2 aromatic heterocycles. The third kappa shape index (κ3) is 6.30. The maximum atomic E-state index is 13.4. The van der Waals surface area contributed by atoms with Crippen LogP contribution in [0.4, 0.5) is 23.7 Å². The van der Waals surface area contributed by atoms with Crippen LogP contribution in [0.25, 0.3) is 33.4 Å². The van der Waals surface area contributed by atoms with Gasteiger partial charge in [0.15, 0.2) is 5.54 Å². The number of nitrogens with zero attached hydrogens (tertiary/aromatic N) is 7. The number of halogens is 3. The molecule has 12 heteroatoms. The summed E-state index contributed by atoms with van der Waals surface area (Å²) in [4.78, 5) is 16.4. The molecule has 9 nitrogen and oxygen atoms in total. The summed E-state index contributed by atoms with van der Waals surface area (Å²) >= 11 is 0. The molecule has 0 unspecified atom stereocenters. The van der Waals surface area contributed by atoms with E-state index in [0.29, 0.717) is 17.1 Å². The molecule has 0 bridgehead atoms. The lowest BCUT2D eigenvalue weighted by molar-refractivity contribution is -0.183. The van der Waals surface area contributed by atoms with Crippen LogP contribution < -0.4 is 5.32 Å². The van der Waals surface area contributed by atoms with Crippen molar-refractivity contribution in [3.63, 3.8) is 0 Å². The first-order chi connectivity index (χ1) is 25.7. The Morgan fingerprint density at radius 1 is 0.755 bits per heavy atom. The average molecular weight is 713 g/mol. The predicted molar refractivity (Wildman–Crippen MR) is 197 cm³/mol. The van der Waals surface area contributed by atoms with Crippen molar-refractivity contribution in [2.24, 2.45) is 13.0 Å². The van der Waals surface area contributed by atoms with Gasteiger partial charge in [-0.05, 0) is 70.1 Å². The lowest BCUT2D eigenvalue weighted by Crippen LogP contribution is -2.43. The van der Waals surface area contributed by atoms with Gasteiger partial charge in [-0.1, -0.05) is 103 Å². The molecular weight excluding hydrogens is 677 g/mol. The highest BCUT2D eigenvalue weighted by atomic mass is 19.4. The molecule has 1 fully saturated rings. The summed E-state index contributed by atoms with van der Waals surface area (Å²) < 4.78 is 41.7. The fraction of sp³-hybridized carbons (Fsp3) is 0.195. The van der Waals surface area contributed by atoms with Crippen LogP contribution in [0.15, 0.2) is 134 Å². The fourth-order valence-corrected chi connectivity index (χ4v) is 7.35. The molecule has 0 aliphatic carbocycles. The van der Waals surface area contributed by atoms with E-state index in [0.717, 1.165) is 38.7 Å². The molecule has 0 saturated carbocycles. The van der Waals surface area contributed by atoms with E-state index >= 15 is 0 Å². The smallest absolute Gasteiger partial charge is 0.325 e. The van der Waals surface area contributed by atoms with E-state index in [1.54, 1.807) is 27.8 Å². The molecular formula is C41H35F3N8O. The Morgan fingerprint density at radius 3 is 1.94 bits per heavy atom. The van der Waals surface area contributed by atoms with Crippen LogP contribution in [0.1, 0.15) is 29.5 Å². The standard InChI is InChI=1S/C41H35F3N8O/c1-50-37-20-17-28(25-29(37)27-45-50)35-19-18-34(46-39(53)51-23-21-33(22-24-51)41(42,43)44)26-36(35)38-47-49-52(48-38)40(30-11-5-2-6-12-30,31-13-7-3-8-14-31)32-15-9-4-10-16-32/h2-20,25-27,33H,21-24H2,1H3,(H,46,53). The molecule has 1 N–H and O–H groups in total. The van der Waals surface area contributed by atoms with Crippen molar-refractivity contribution in [1.82, 2.24) is 34.9 Å². The number of hydrogen-bond donors (Lipinski definition) is 1. The molecule has 1 aliphatic rings. The highest BCUT2D eigenvalue weighted by Gasteiger charge is 2.43. The number of fused-ring (bicyclic) bond motifs is 1. The molecule has 3 heterocycles. The monoisotopic (exact) mass is 712 g/mol. The Hall–Kier alpha value is -6.30. The zero-order valence-corrected chi connectivity index (χ0v) is 28.8. The SMILES string of the molecule is Cn1ncc2cc(-c3ccc(NC(=O)N4CCC(C(F)(F)F)CC4)cc3-c3nnn(C(c4ccccc4)(c4ccccc4)c4ccccc4)n3)ccc21. The van der Waals surface area contributed by atoms with Crippen molar-refractivity contribution in [2.75, 3.05) is 18.4 Å². The van der Waals surface area contributed by atoms with Gasteiger partial charge in [-0.2, -0.15) is 18.3 Å². The van der Waals surface area contributed by atoms with Crippen molar-refractivity contribution in [2.45, 2.75) is 24.6 Å². The summed E-state index contributed by atoms with van der Waals surface area (Å²) in [5.74, 6) is -1.08. The molecule has 1 aliphatic heterocycles. The van der Waals surface area contributed by atoms with Crippen molar-refractivity contribution in [3.05, 3.63) is 150 Å². The minimum absolute atomic E-state index is 0.0164. The van der Waals surface area contributed by atoms with Crippen molar-refractivity contribution < 1.29 is 18.0 Å². The second kappa shape index (κ2) is 13.7. The maximum absolute atomic E-state index is 13.4. The van der Waals surface area contributed by atoms with E-state index in [9.17, 15) is 18.0 Å². The van der Waals surface area contributed by atoms with Crippen LogP contribution in [0, 0.1) is 5.92 Å². The Morgan fingerprint density at radius 2 is 1.36 bits per heavy atom. The summed E-state index contributed by atoms with van der Waals surface area (Å²) in [6.45, 7) is 0.0327. The summed E-state index contributed by atoms with van der Waals surface area (Å²) in [6, 6.07) is 41.1. The number of aryl methyl sites for hydroxylation is 1. The minimum Gasteiger partial charge on any atom is -0.325 e. The number of amides is 2. The lowest BCUT2D eigenvalue weighted by Gasteiger charge is -2.34. The van der Waals surface area contributed by atoms with E-state index in [-0.39, 0.29) is 25.9 Å². The van der Waals surface area contributed by atoms with E-state index < -0.39 is 23.7 Å². The number of carbonyl (C=O) groups is 1. The quantitative estimate of drug-likeness (QED) is 0.167. The van der Waals surface area contributed by atoms with Crippen LogP contribution in [0.5, 0.6) is 0 Å². The van der Waals surface area contributed by atoms with Gasteiger partial charge in [0, 0.05) is 36.8 Å². The normalized spacial score (nSPS) is 14.1. The van der Waals surface area contributed by atoms with E-state index in [1.807, 2.05) is 122 Å². The molecule has 53 heavy (non-hydrogen) atoms. The van der Waals surface area contributed by atoms with Crippen LogP contribution in [0.3, 0.4) is 0 Å². The van der Waals surface area contributed by atoms with E-state index in [1.165, 1.54) is 4.90 Å². The first-order valence-electron chi connectivity index (χ1n) is 17.4. The molecule has 7 aromatic rings. The average Bonchev–Trinajstić information content (AvgIpc) is 3.83. The summed E-state index contributed by atoms with van der Waals surface area (Å²) in [5.41, 5.74) is 5.49.